The zero-order chi connectivity index (χ0) is 18.2. The molecule has 1 aliphatic rings. The summed E-state index contributed by atoms with van der Waals surface area (Å²) in [6.45, 7) is 3.01. The van der Waals surface area contributed by atoms with Gasteiger partial charge in [0.25, 0.3) is 0 Å². The summed E-state index contributed by atoms with van der Waals surface area (Å²) in [5, 5.41) is 11.5. The molecule has 0 bridgehead atoms. The van der Waals surface area contributed by atoms with Gasteiger partial charge in [0.15, 0.2) is 0 Å². The summed E-state index contributed by atoms with van der Waals surface area (Å²) in [5.74, 6) is -5.13. The molecule has 2 amide bonds. The Hall–Kier alpha value is -1.73. The Balaban J connectivity index is 2.30. The minimum atomic E-state index is -4.62. The predicted octanol–water partition coefficient (Wildman–Crippen LogP) is 3.42. The Bertz CT molecular complexity index is 441. The highest BCUT2D eigenvalue weighted by Crippen LogP contribution is 2.37. The molecule has 1 heterocycles. The fourth-order valence-corrected chi connectivity index (χ4v) is 2.80. The number of carbonyl (C=O) groups is 2. The summed E-state index contributed by atoms with van der Waals surface area (Å²) in [6.07, 6.45) is 3.11. The van der Waals surface area contributed by atoms with Crippen LogP contribution < -0.4 is 5.32 Å². The summed E-state index contributed by atoms with van der Waals surface area (Å²) in [7, 11) is 0. The van der Waals surface area contributed by atoms with Crippen molar-refractivity contribution in [1.82, 2.24) is 10.2 Å². The molecule has 1 rings (SSSR count). The third kappa shape index (κ3) is 6.41. The first-order chi connectivity index (χ1) is 11.3. The minimum absolute atomic E-state index is 0.380. The lowest BCUT2D eigenvalue weighted by molar-refractivity contribution is -0.187. The number of hydrogen-bond acceptors (Lipinski definition) is 2. The highest BCUT2D eigenvalue weighted by molar-refractivity contribution is 5.77. The van der Waals surface area contributed by atoms with E-state index in [0.717, 1.165) is 43.4 Å². The van der Waals surface area contributed by atoms with E-state index in [9.17, 15) is 22.8 Å². The van der Waals surface area contributed by atoms with Gasteiger partial charge in [-0.3, -0.25) is 4.79 Å². The molecule has 0 aliphatic carbocycles. The molecule has 0 aromatic rings. The van der Waals surface area contributed by atoms with Gasteiger partial charge in [0, 0.05) is 19.6 Å². The smallest absolute Gasteiger partial charge is 0.394 e. The van der Waals surface area contributed by atoms with E-state index in [1.165, 1.54) is 0 Å². The number of nitrogens with zero attached hydrogens (tertiary/aromatic N) is 1. The number of likely N-dealkylation sites (tertiary alicyclic amines) is 1. The monoisotopic (exact) mass is 350 g/mol. The number of halogens is 3. The second-order valence-corrected chi connectivity index (χ2v) is 6.07. The Morgan fingerprint density at radius 2 is 1.79 bits per heavy atom. The van der Waals surface area contributed by atoms with Crippen LogP contribution in [0.5, 0.6) is 0 Å². The maximum atomic E-state index is 12.9. The van der Waals surface area contributed by atoms with Gasteiger partial charge in [-0.05, 0) is 19.3 Å². The number of rotatable bonds is 9. The Morgan fingerprint density at radius 1 is 1.17 bits per heavy atom. The van der Waals surface area contributed by atoms with Crippen LogP contribution in [0.3, 0.4) is 0 Å². The van der Waals surface area contributed by atoms with Crippen molar-refractivity contribution in [2.75, 3.05) is 19.6 Å². The van der Waals surface area contributed by atoms with Crippen molar-refractivity contribution < 1.29 is 27.9 Å². The van der Waals surface area contributed by atoms with Crippen molar-refractivity contribution in [1.29, 1.82) is 0 Å². The van der Waals surface area contributed by atoms with Crippen molar-refractivity contribution in [2.24, 2.45) is 11.8 Å². The van der Waals surface area contributed by atoms with E-state index in [1.54, 1.807) is 0 Å². The van der Waals surface area contributed by atoms with Gasteiger partial charge in [-0.25, -0.2) is 4.79 Å². The molecule has 0 spiro atoms. The van der Waals surface area contributed by atoms with E-state index in [2.05, 4.69) is 11.9 Å². The highest BCUT2D eigenvalue weighted by atomic mass is 19.4. The average molecular weight is 350 g/mol. The molecule has 24 heavy (non-hydrogen) atoms. The van der Waals surface area contributed by atoms with Crippen LogP contribution in [0.15, 0.2) is 12.7 Å². The number of unbranched alkanes of at least 4 members (excludes halogenated alkanes) is 5. The fourth-order valence-electron chi connectivity index (χ4n) is 2.80. The molecule has 0 saturated carbocycles. The molecule has 0 aromatic carbocycles. The predicted molar refractivity (Wildman–Crippen MR) is 83.5 cm³/mol. The van der Waals surface area contributed by atoms with Crippen LogP contribution in [-0.2, 0) is 4.79 Å². The second kappa shape index (κ2) is 9.54. The van der Waals surface area contributed by atoms with Gasteiger partial charge in [0.2, 0.25) is 0 Å². The number of aliphatic carboxylic acids is 1. The number of carboxylic acids is 1. The Morgan fingerprint density at radius 3 is 2.33 bits per heavy atom. The van der Waals surface area contributed by atoms with Crippen LogP contribution in [0.2, 0.25) is 0 Å². The largest absolute Gasteiger partial charge is 0.481 e. The first kappa shape index (κ1) is 20.3. The van der Waals surface area contributed by atoms with Crippen molar-refractivity contribution >= 4 is 12.0 Å². The maximum Gasteiger partial charge on any atom is 0.394 e. The van der Waals surface area contributed by atoms with Crippen molar-refractivity contribution in [3.63, 3.8) is 0 Å². The van der Waals surface area contributed by atoms with Crippen LogP contribution in [0, 0.1) is 11.8 Å². The summed E-state index contributed by atoms with van der Waals surface area (Å²) in [6, 6.07) is -0.625. The molecule has 0 radical (unpaired) electrons. The fraction of sp³-hybridized carbons (Fsp3) is 0.750. The Labute approximate surface area is 139 Å². The molecule has 2 atom stereocenters. The third-order valence-corrected chi connectivity index (χ3v) is 4.21. The number of urea groups is 1. The van der Waals surface area contributed by atoms with E-state index in [4.69, 9.17) is 5.11 Å². The maximum absolute atomic E-state index is 12.9. The molecule has 0 unspecified atom stereocenters. The van der Waals surface area contributed by atoms with Gasteiger partial charge in [0.05, 0.1) is 11.8 Å². The zero-order valence-electron chi connectivity index (χ0n) is 13.6. The van der Waals surface area contributed by atoms with Gasteiger partial charge in [0.1, 0.15) is 0 Å². The molecule has 1 fully saturated rings. The number of hydrogen-bond donors (Lipinski definition) is 2. The van der Waals surface area contributed by atoms with E-state index in [0.29, 0.717) is 6.54 Å². The quantitative estimate of drug-likeness (QED) is 0.494. The lowest BCUT2D eigenvalue weighted by atomic mass is 9.96. The number of amides is 2. The number of carboxylic acid groups (broad SMARTS) is 1. The van der Waals surface area contributed by atoms with Crippen LogP contribution in [-0.4, -0.2) is 47.8 Å². The number of allylic oxidation sites excluding steroid dienone is 1. The molecule has 1 aliphatic heterocycles. The highest BCUT2D eigenvalue weighted by Gasteiger charge is 2.53. The number of nitrogens with one attached hydrogen (secondary N) is 1. The molecule has 8 heteroatoms. The average Bonchev–Trinajstić information content (AvgIpc) is 2.95. The first-order valence-corrected chi connectivity index (χ1v) is 8.20. The van der Waals surface area contributed by atoms with E-state index in [-0.39, 0.29) is 0 Å². The topological polar surface area (TPSA) is 69.6 Å². The molecule has 0 aromatic heterocycles. The van der Waals surface area contributed by atoms with Gasteiger partial charge in [-0.1, -0.05) is 25.3 Å². The van der Waals surface area contributed by atoms with Crippen LogP contribution in [0.25, 0.3) is 0 Å². The van der Waals surface area contributed by atoms with Crippen molar-refractivity contribution in [3.05, 3.63) is 12.7 Å². The molecule has 138 valence electrons. The Kier molecular flexibility index (Phi) is 8.07. The number of alkyl halides is 3. The van der Waals surface area contributed by atoms with E-state index in [1.807, 2.05) is 6.08 Å². The van der Waals surface area contributed by atoms with Gasteiger partial charge in [-0.2, -0.15) is 13.2 Å². The normalized spacial score (nSPS) is 20.9. The van der Waals surface area contributed by atoms with E-state index >= 15 is 0 Å². The van der Waals surface area contributed by atoms with Crippen molar-refractivity contribution in [2.45, 2.75) is 44.7 Å². The molecular formula is C16H25F3N2O3. The summed E-state index contributed by atoms with van der Waals surface area (Å²) < 4.78 is 38.6. The second-order valence-electron chi connectivity index (χ2n) is 6.07. The SMILES string of the molecule is C=CCCCCCCCNC(=O)N1C[C@@H](C(F)(F)F)[C@H](C(=O)O)C1. The van der Waals surface area contributed by atoms with Gasteiger partial charge in [-0.15, -0.1) is 6.58 Å². The molecule has 5 nitrogen and oxygen atoms in total. The number of carbonyl (C=O) groups excluding carboxylic acids is 1. The summed E-state index contributed by atoms with van der Waals surface area (Å²) in [5.41, 5.74) is 0. The standard InChI is InChI=1S/C16H25F3N2O3/c1-2-3-4-5-6-7-8-9-20-15(24)21-10-12(14(22)23)13(11-21)16(17,18)19/h2,12-13H,1,3-11H2,(H,20,24)(H,22,23)/t12-,13-/m1/s1. The lowest BCUT2D eigenvalue weighted by Gasteiger charge is -2.18. The molecule has 1 saturated heterocycles. The summed E-state index contributed by atoms with van der Waals surface area (Å²) in [4.78, 5) is 23.8. The van der Waals surface area contributed by atoms with Crippen molar-refractivity contribution in [3.8, 4) is 0 Å². The van der Waals surface area contributed by atoms with Crippen LogP contribution in [0.4, 0.5) is 18.0 Å². The molecule has 2 N–H and O–H groups in total. The minimum Gasteiger partial charge on any atom is -0.481 e. The third-order valence-electron chi connectivity index (χ3n) is 4.21. The molecular weight excluding hydrogens is 325 g/mol. The van der Waals surface area contributed by atoms with Crippen LogP contribution >= 0.6 is 0 Å². The first-order valence-electron chi connectivity index (χ1n) is 8.20. The van der Waals surface area contributed by atoms with Crippen LogP contribution in [0.1, 0.15) is 38.5 Å². The van der Waals surface area contributed by atoms with Gasteiger partial charge >= 0.3 is 18.2 Å². The lowest BCUT2D eigenvalue weighted by Crippen LogP contribution is -2.40. The summed E-state index contributed by atoms with van der Waals surface area (Å²) >= 11 is 0. The van der Waals surface area contributed by atoms with E-state index < -0.39 is 43.1 Å². The van der Waals surface area contributed by atoms with Gasteiger partial charge < -0.3 is 15.3 Å². The zero-order valence-corrected chi connectivity index (χ0v) is 13.6.